The molecule has 0 saturated carbocycles. The molecule has 0 bridgehead atoms. The second-order valence-electron chi connectivity index (χ2n) is 6.69. The Hall–Kier alpha value is -3.39. The van der Waals surface area contributed by atoms with Gasteiger partial charge in [-0.15, -0.1) is 0 Å². The third kappa shape index (κ3) is 5.36. The van der Waals surface area contributed by atoms with E-state index in [0.29, 0.717) is 11.4 Å². The lowest BCUT2D eigenvalue weighted by molar-refractivity contribution is -0.118. The summed E-state index contributed by atoms with van der Waals surface area (Å²) < 4.78 is 46.5. The average molecular weight is 428 g/mol. The van der Waals surface area contributed by atoms with Gasteiger partial charge in [0.05, 0.1) is 10.6 Å². The van der Waals surface area contributed by atoms with E-state index in [9.17, 15) is 17.6 Å². The summed E-state index contributed by atoms with van der Waals surface area (Å²) in [6, 6.07) is 16.8. The van der Waals surface area contributed by atoms with Crippen molar-refractivity contribution in [3.63, 3.8) is 0 Å². The van der Waals surface area contributed by atoms with Crippen LogP contribution in [0, 0.1) is 19.7 Å². The van der Waals surface area contributed by atoms with E-state index < -0.39 is 21.7 Å². The Bertz CT molecular complexity index is 1160. The lowest BCUT2D eigenvalue weighted by Gasteiger charge is -2.11. The number of carbonyl (C=O) groups is 1. The van der Waals surface area contributed by atoms with E-state index in [-0.39, 0.29) is 17.2 Å². The highest BCUT2D eigenvalue weighted by molar-refractivity contribution is 7.92. The third-order valence-electron chi connectivity index (χ3n) is 4.41. The minimum atomic E-state index is -3.76. The monoisotopic (exact) mass is 428 g/mol. The fourth-order valence-corrected chi connectivity index (χ4v) is 3.68. The standard InChI is InChI=1S/C22H21FN2O4S/c1-15-7-8-17(13-16(15)2)25-30(27,28)19-11-9-18(10-12-19)29-14-22(26)24-21-6-4-3-5-20(21)23/h3-13,25H,14H2,1-2H3,(H,24,26). The van der Waals surface area contributed by atoms with Crippen LogP contribution in [0.5, 0.6) is 5.75 Å². The van der Waals surface area contributed by atoms with Gasteiger partial charge in [0.25, 0.3) is 15.9 Å². The number of benzene rings is 3. The zero-order valence-corrected chi connectivity index (χ0v) is 17.3. The van der Waals surface area contributed by atoms with Crippen LogP contribution in [0.4, 0.5) is 15.8 Å². The molecule has 0 aliphatic rings. The molecule has 0 unspecified atom stereocenters. The van der Waals surface area contributed by atoms with Crippen LogP contribution in [0.2, 0.25) is 0 Å². The summed E-state index contributed by atoms with van der Waals surface area (Å²) in [4.78, 5) is 12.0. The molecule has 6 nitrogen and oxygen atoms in total. The van der Waals surface area contributed by atoms with Gasteiger partial charge in [-0.05, 0) is 73.5 Å². The molecular formula is C22H21FN2O4S. The van der Waals surface area contributed by atoms with E-state index >= 15 is 0 Å². The molecule has 2 N–H and O–H groups in total. The molecule has 1 amide bonds. The van der Waals surface area contributed by atoms with Crippen LogP contribution < -0.4 is 14.8 Å². The van der Waals surface area contributed by atoms with Crippen molar-refractivity contribution in [2.45, 2.75) is 18.7 Å². The summed E-state index contributed by atoms with van der Waals surface area (Å²) in [5.41, 5.74) is 2.58. The molecule has 8 heteroatoms. The van der Waals surface area contributed by atoms with Gasteiger partial charge in [-0.25, -0.2) is 12.8 Å². The van der Waals surface area contributed by atoms with Gasteiger partial charge in [0.2, 0.25) is 0 Å². The number of anilines is 2. The average Bonchev–Trinajstić information content (AvgIpc) is 2.71. The Balaban J connectivity index is 1.60. The second-order valence-corrected chi connectivity index (χ2v) is 8.38. The van der Waals surface area contributed by atoms with Crippen LogP contribution in [0.1, 0.15) is 11.1 Å². The van der Waals surface area contributed by atoms with Gasteiger partial charge in [0.1, 0.15) is 11.6 Å². The maximum atomic E-state index is 13.5. The number of halogens is 1. The maximum absolute atomic E-state index is 13.5. The normalized spacial score (nSPS) is 11.0. The number of nitrogens with one attached hydrogen (secondary N) is 2. The summed E-state index contributed by atoms with van der Waals surface area (Å²) in [6.07, 6.45) is 0. The van der Waals surface area contributed by atoms with E-state index in [2.05, 4.69) is 10.0 Å². The van der Waals surface area contributed by atoms with E-state index in [1.165, 1.54) is 42.5 Å². The highest BCUT2D eigenvalue weighted by Crippen LogP contribution is 2.21. The number of hydrogen-bond donors (Lipinski definition) is 2. The molecular weight excluding hydrogens is 407 g/mol. The van der Waals surface area contributed by atoms with Gasteiger partial charge in [-0.3, -0.25) is 9.52 Å². The molecule has 3 aromatic rings. The number of rotatable bonds is 7. The third-order valence-corrected chi connectivity index (χ3v) is 5.81. The number of amides is 1. The Kier molecular flexibility index (Phi) is 6.37. The van der Waals surface area contributed by atoms with Crippen molar-refractivity contribution in [3.8, 4) is 5.75 Å². The molecule has 0 aliphatic carbocycles. The molecule has 0 aromatic heterocycles. The van der Waals surface area contributed by atoms with Crippen molar-refractivity contribution < 1.29 is 22.3 Å². The Labute approximate surface area is 174 Å². The number of aryl methyl sites for hydroxylation is 2. The van der Waals surface area contributed by atoms with Gasteiger partial charge in [-0.2, -0.15) is 0 Å². The zero-order valence-electron chi connectivity index (χ0n) is 16.5. The molecule has 0 heterocycles. The van der Waals surface area contributed by atoms with Crippen LogP contribution in [0.25, 0.3) is 0 Å². The first-order valence-electron chi connectivity index (χ1n) is 9.12. The highest BCUT2D eigenvalue weighted by atomic mass is 32.2. The van der Waals surface area contributed by atoms with Gasteiger partial charge in [-0.1, -0.05) is 18.2 Å². The van der Waals surface area contributed by atoms with Crippen LogP contribution in [-0.4, -0.2) is 20.9 Å². The lowest BCUT2D eigenvalue weighted by atomic mass is 10.1. The minimum Gasteiger partial charge on any atom is -0.484 e. The summed E-state index contributed by atoms with van der Waals surface area (Å²) in [6.45, 7) is 3.51. The first-order valence-corrected chi connectivity index (χ1v) is 10.6. The topological polar surface area (TPSA) is 84.5 Å². The molecule has 0 fully saturated rings. The number of ether oxygens (including phenoxy) is 1. The number of sulfonamides is 1. The maximum Gasteiger partial charge on any atom is 0.262 e. The summed E-state index contributed by atoms with van der Waals surface area (Å²) in [5.74, 6) is -0.770. The molecule has 3 rings (SSSR count). The van der Waals surface area contributed by atoms with E-state index in [4.69, 9.17) is 4.74 Å². The van der Waals surface area contributed by atoms with Crippen LogP contribution >= 0.6 is 0 Å². The molecule has 156 valence electrons. The zero-order chi connectivity index (χ0) is 21.7. The van der Waals surface area contributed by atoms with Crippen molar-refractivity contribution in [1.82, 2.24) is 0 Å². The van der Waals surface area contributed by atoms with Gasteiger partial charge >= 0.3 is 0 Å². The van der Waals surface area contributed by atoms with Crippen molar-refractivity contribution >= 4 is 27.3 Å². The minimum absolute atomic E-state index is 0.0592. The van der Waals surface area contributed by atoms with Crippen LogP contribution in [-0.2, 0) is 14.8 Å². The highest BCUT2D eigenvalue weighted by Gasteiger charge is 2.15. The quantitative estimate of drug-likeness (QED) is 0.589. The van der Waals surface area contributed by atoms with Crippen LogP contribution in [0.15, 0.2) is 71.6 Å². The van der Waals surface area contributed by atoms with Crippen molar-refractivity contribution in [2.75, 3.05) is 16.6 Å². The van der Waals surface area contributed by atoms with E-state index in [1.54, 1.807) is 18.2 Å². The summed E-state index contributed by atoms with van der Waals surface area (Å²) >= 11 is 0. The Morgan fingerprint density at radius 2 is 1.67 bits per heavy atom. The first-order chi connectivity index (χ1) is 14.2. The van der Waals surface area contributed by atoms with Gasteiger partial charge in [0.15, 0.2) is 6.61 Å². The number of carbonyl (C=O) groups excluding carboxylic acids is 1. The first kappa shape index (κ1) is 21.3. The molecule has 3 aromatic carbocycles. The number of hydrogen-bond acceptors (Lipinski definition) is 4. The Morgan fingerprint density at radius 1 is 0.967 bits per heavy atom. The molecule has 0 spiro atoms. The molecule has 0 radical (unpaired) electrons. The van der Waals surface area contributed by atoms with Crippen molar-refractivity contribution in [1.29, 1.82) is 0 Å². The molecule has 0 saturated heterocycles. The van der Waals surface area contributed by atoms with Gasteiger partial charge < -0.3 is 10.1 Å². The van der Waals surface area contributed by atoms with Crippen molar-refractivity contribution in [2.24, 2.45) is 0 Å². The Morgan fingerprint density at radius 3 is 2.33 bits per heavy atom. The SMILES string of the molecule is Cc1ccc(NS(=O)(=O)c2ccc(OCC(=O)Nc3ccccc3F)cc2)cc1C. The largest absolute Gasteiger partial charge is 0.484 e. The number of para-hydroxylation sites is 1. The van der Waals surface area contributed by atoms with Gasteiger partial charge in [0, 0.05) is 5.69 Å². The fraction of sp³-hybridized carbons (Fsp3) is 0.136. The molecule has 0 atom stereocenters. The predicted octanol–water partition coefficient (Wildman–Crippen LogP) is 4.26. The lowest BCUT2D eigenvalue weighted by Crippen LogP contribution is -2.20. The summed E-state index contributed by atoms with van der Waals surface area (Å²) in [5, 5.41) is 2.41. The molecule has 0 aliphatic heterocycles. The predicted molar refractivity (Wildman–Crippen MR) is 114 cm³/mol. The fourth-order valence-electron chi connectivity index (χ4n) is 2.63. The smallest absolute Gasteiger partial charge is 0.262 e. The van der Waals surface area contributed by atoms with Crippen molar-refractivity contribution in [3.05, 3.63) is 83.7 Å². The van der Waals surface area contributed by atoms with E-state index in [0.717, 1.165) is 11.1 Å². The summed E-state index contributed by atoms with van der Waals surface area (Å²) in [7, 11) is -3.76. The second kappa shape index (κ2) is 8.96. The van der Waals surface area contributed by atoms with Crippen LogP contribution in [0.3, 0.4) is 0 Å². The van der Waals surface area contributed by atoms with E-state index in [1.807, 2.05) is 19.9 Å². The molecule has 30 heavy (non-hydrogen) atoms.